The number of amides is 1. The average molecular weight is 390 g/mol. The van der Waals surface area contributed by atoms with E-state index in [2.05, 4.69) is 10.3 Å². The molecule has 1 fully saturated rings. The van der Waals surface area contributed by atoms with E-state index in [0.29, 0.717) is 15.8 Å². The number of thiophene rings is 1. The molecule has 0 aliphatic carbocycles. The van der Waals surface area contributed by atoms with E-state index in [1.54, 1.807) is 6.08 Å². The number of aromatic carboxylic acids is 1. The summed E-state index contributed by atoms with van der Waals surface area (Å²) in [7, 11) is 2.87. The number of carbonyl (C=O) groups is 2. The third-order valence-electron chi connectivity index (χ3n) is 3.42. The number of carboxylic acids is 1. The average Bonchev–Trinajstić information content (AvgIpc) is 3.24. The van der Waals surface area contributed by atoms with Crippen LogP contribution in [-0.2, 0) is 4.79 Å². The van der Waals surface area contributed by atoms with Crippen LogP contribution in [0.5, 0.6) is 11.5 Å². The lowest BCUT2D eigenvalue weighted by atomic mass is 10.1. The second-order valence-corrected chi connectivity index (χ2v) is 7.04. The quantitative estimate of drug-likeness (QED) is 0.760. The molecule has 2 aromatic rings. The van der Waals surface area contributed by atoms with Gasteiger partial charge in [-0.15, -0.1) is 11.3 Å². The van der Waals surface area contributed by atoms with Gasteiger partial charge in [-0.25, -0.2) is 9.79 Å². The van der Waals surface area contributed by atoms with Crippen molar-refractivity contribution in [3.63, 3.8) is 0 Å². The van der Waals surface area contributed by atoms with Gasteiger partial charge in [0.25, 0.3) is 5.91 Å². The van der Waals surface area contributed by atoms with E-state index in [0.717, 1.165) is 16.6 Å². The van der Waals surface area contributed by atoms with Crippen molar-refractivity contribution in [1.82, 2.24) is 5.32 Å². The molecule has 134 valence electrons. The van der Waals surface area contributed by atoms with E-state index in [4.69, 9.17) is 9.47 Å². The fraction of sp³-hybridized carbons (Fsp3) is 0.118. The molecule has 0 unspecified atom stereocenters. The number of carbonyl (C=O) groups excluding carboxylic acids is 1. The number of nitrogens with zero attached hydrogens (tertiary/aromatic N) is 1. The van der Waals surface area contributed by atoms with Crippen LogP contribution in [0.4, 0.5) is 5.69 Å². The summed E-state index contributed by atoms with van der Waals surface area (Å²) in [5.74, 6) is -0.802. The van der Waals surface area contributed by atoms with Crippen LogP contribution in [0.3, 0.4) is 0 Å². The predicted molar refractivity (Wildman–Crippen MR) is 102 cm³/mol. The molecule has 1 saturated heterocycles. The summed E-state index contributed by atoms with van der Waals surface area (Å²) in [6, 6.07) is 6.59. The highest BCUT2D eigenvalue weighted by atomic mass is 32.2. The molecule has 1 aliphatic heterocycles. The van der Waals surface area contributed by atoms with Crippen LogP contribution in [0, 0.1) is 0 Å². The van der Waals surface area contributed by atoms with Crippen molar-refractivity contribution < 1.29 is 24.2 Å². The fourth-order valence-electron chi connectivity index (χ4n) is 2.22. The van der Waals surface area contributed by atoms with Crippen molar-refractivity contribution >= 4 is 51.9 Å². The molecule has 1 aliphatic rings. The number of ether oxygens (including phenoxy) is 2. The van der Waals surface area contributed by atoms with E-state index in [9.17, 15) is 14.7 Å². The van der Waals surface area contributed by atoms with Gasteiger partial charge in [-0.2, -0.15) is 0 Å². The van der Waals surface area contributed by atoms with Crippen molar-refractivity contribution in [2.45, 2.75) is 0 Å². The van der Waals surface area contributed by atoms with Crippen molar-refractivity contribution in [3.8, 4) is 11.5 Å². The lowest BCUT2D eigenvalue weighted by Gasteiger charge is -2.10. The van der Waals surface area contributed by atoms with Gasteiger partial charge < -0.3 is 19.9 Å². The second kappa shape index (κ2) is 7.63. The zero-order valence-corrected chi connectivity index (χ0v) is 15.4. The molecule has 1 aromatic carbocycles. The van der Waals surface area contributed by atoms with Gasteiger partial charge in [-0.1, -0.05) is 6.07 Å². The minimum Gasteiger partial charge on any atom is -0.493 e. The van der Waals surface area contributed by atoms with Crippen LogP contribution in [-0.4, -0.2) is 36.4 Å². The van der Waals surface area contributed by atoms with E-state index < -0.39 is 5.97 Å². The maximum absolute atomic E-state index is 12.1. The van der Waals surface area contributed by atoms with Crippen LogP contribution in [0.15, 0.2) is 39.5 Å². The zero-order valence-electron chi connectivity index (χ0n) is 13.8. The summed E-state index contributed by atoms with van der Waals surface area (Å²) in [6.07, 6.45) is 1.76. The van der Waals surface area contributed by atoms with Crippen LogP contribution >= 0.6 is 23.1 Å². The van der Waals surface area contributed by atoms with Gasteiger partial charge in [0.2, 0.25) is 0 Å². The fourth-order valence-corrected chi connectivity index (χ4v) is 3.78. The van der Waals surface area contributed by atoms with Gasteiger partial charge in [0.05, 0.1) is 30.4 Å². The molecular weight excluding hydrogens is 376 g/mol. The monoisotopic (exact) mass is 390 g/mol. The number of aliphatic imine (C=N–C) groups is 1. The van der Waals surface area contributed by atoms with Crippen molar-refractivity contribution in [1.29, 1.82) is 0 Å². The lowest BCUT2D eigenvalue weighted by Crippen LogP contribution is -2.19. The van der Waals surface area contributed by atoms with Crippen LogP contribution in [0.2, 0.25) is 0 Å². The molecule has 2 heterocycles. The lowest BCUT2D eigenvalue weighted by molar-refractivity contribution is -0.115. The molecule has 0 saturated carbocycles. The first-order valence-corrected chi connectivity index (χ1v) is 9.04. The molecule has 0 atom stereocenters. The maximum Gasteiger partial charge on any atom is 0.338 e. The number of amidine groups is 1. The molecule has 9 heteroatoms. The predicted octanol–water partition coefficient (Wildman–Crippen LogP) is 3.36. The summed E-state index contributed by atoms with van der Waals surface area (Å²) in [5.41, 5.74) is 0.107. The number of methoxy groups -OCH3 is 2. The molecule has 3 rings (SSSR count). The van der Waals surface area contributed by atoms with Crippen molar-refractivity contribution in [2.24, 2.45) is 4.99 Å². The number of benzene rings is 1. The largest absolute Gasteiger partial charge is 0.493 e. The first-order chi connectivity index (χ1) is 12.5. The number of carboxylic acid groups (broad SMARTS) is 1. The minimum absolute atomic E-state index is 0.0549. The molecule has 7 nitrogen and oxygen atoms in total. The molecule has 0 spiro atoms. The minimum atomic E-state index is -1.16. The molecule has 2 N–H and O–H groups in total. The van der Waals surface area contributed by atoms with Crippen LogP contribution < -0.4 is 14.8 Å². The Kier molecular flexibility index (Phi) is 5.29. The van der Waals surface area contributed by atoms with Gasteiger partial charge in [-0.3, -0.25) is 4.79 Å². The summed E-state index contributed by atoms with van der Waals surface area (Å²) < 4.78 is 10.3. The van der Waals surface area contributed by atoms with Gasteiger partial charge in [0.15, 0.2) is 16.7 Å². The normalized spacial score (nSPS) is 16.8. The molecule has 26 heavy (non-hydrogen) atoms. The smallest absolute Gasteiger partial charge is 0.338 e. The first kappa shape index (κ1) is 18.0. The highest BCUT2D eigenvalue weighted by molar-refractivity contribution is 8.18. The Balaban J connectivity index is 1.97. The Morgan fingerprint density at radius 2 is 2.00 bits per heavy atom. The Labute approximate surface area is 157 Å². The molecule has 1 aromatic heterocycles. The van der Waals surface area contributed by atoms with Gasteiger partial charge >= 0.3 is 5.97 Å². The first-order valence-electron chi connectivity index (χ1n) is 7.34. The zero-order chi connectivity index (χ0) is 18.7. The Morgan fingerprint density at radius 1 is 1.27 bits per heavy atom. The van der Waals surface area contributed by atoms with E-state index >= 15 is 0 Å². The van der Waals surface area contributed by atoms with Crippen molar-refractivity contribution in [2.75, 3.05) is 14.2 Å². The summed E-state index contributed by atoms with van der Waals surface area (Å²) >= 11 is 2.66. The number of thioether (sulfide) groups is 1. The molecule has 0 radical (unpaired) electrons. The summed E-state index contributed by atoms with van der Waals surface area (Å²) in [5, 5.41) is 14.3. The van der Waals surface area contributed by atoms with Crippen LogP contribution in [0.1, 0.15) is 15.2 Å². The number of hydrogen-bond donors (Lipinski definition) is 2. The SMILES string of the molecule is COc1cc(N=C2NC(=O)/C(=C/c3cccs3)S2)c(C(=O)O)cc1OC. The highest BCUT2D eigenvalue weighted by Crippen LogP contribution is 2.36. The Bertz CT molecular complexity index is 919. The van der Waals surface area contributed by atoms with E-state index in [1.807, 2.05) is 17.5 Å². The molecule has 0 bridgehead atoms. The van der Waals surface area contributed by atoms with Gasteiger partial charge in [-0.05, 0) is 29.3 Å². The number of rotatable bonds is 5. The van der Waals surface area contributed by atoms with Gasteiger partial charge in [0.1, 0.15) is 0 Å². The maximum atomic E-state index is 12.1. The molecular formula is C17H14N2O5S2. The third-order valence-corrected chi connectivity index (χ3v) is 5.15. The number of hydrogen-bond acceptors (Lipinski definition) is 7. The van der Waals surface area contributed by atoms with Crippen LogP contribution in [0.25, 0.3) is 6.08 Å². The van der Waals surface area contributed by atoms with Gasteiger partial charge in [0, 0.05) is 17.0 Å². The van der Waals surface area contributed by atoms with E-state index in [-0.39, 0.29) is 22.9 Å². The summed E-state index contributed by atoms with van der Waals surface area (Å²) in [4.78, 5) is 29.4. The standard InChI is InChI=1S/C17H14N2O5S2/c1-23-12-7-10(16(21)22)11(8-13(12)24-2)18-17-19-15(20)14(26-17)6-9-4-3-5-25-9/h3-8H,1-2H3,(H,21,22)(H,18,19,20)/b14-6-. The van der Waals surface area contributed by atoms with E-state index in [1.165, 1.54) is 37.7 Å². The Hall–Kier alpha value is -2.78. The van der Waals surface area contributed by atoms with Crippen molar-refractivity contribution in [3.05, 3.63) is 45.0 Å². The second-order valence-electron chi connectivity index (χ2n) is 5.03. The topological polar surface area (TPSA) is 97.2 Å². The third kappa shape index (κ3) is 3.73. The molecule has 1 amide bonds. The Morgan fingerprint density at radius 3 is 2.62 bits per heavy atom. The summed E-state index contributed by atoms with van der Waals surface area (Å²) in [6.45, 7) is 0. The number of nitrogens with one attached hydrogen (secondary N) is 1. The highest BCUT2D eigenvalue weighted by Gasteiger charge is 2.25.